The molecule has 130 valence electrons. The summed E-state index contributed by atoms with van der Waals surface area (Å²) < 4.78 is 1.91. The van der Waals surface area contributed by atoms with Crippen LogP contribution in [-0.2, 0) is 13.5 Å². The van der Waals surface area contributed by atoms with Crippen LogP contribution in [0.15, 0.2) is 0 Å². The Kier molecular flexibility index (Phi) is 5.37. The molecule has 2 unspecified atom stereocenters. The fourth-order valence-corrected chi connectivity index (χ4v) is 3.11. The Morgan fingerprint density at radius 2 is 1.91 bits per heavy atom. The van der Waals surface area contributed by atoms with Crippen LogP contribution in [-0.4, -0.2) is 38.8 Å². The summed E-state index contributed by atoms with van der Waals surface area (Å²) in [5.41, 5.74) is 3.48. The van der Waals surface area contributed by atoms with Gasteiger partial charge in [-0.05, 0) is 58.4 Å². The van der Waals surface area contributed by atoms with Gasteiger partial charge in [0.2, 0.25) is 0 Å². The molecule has 5 nitrogen and oxygen atoms in total. The highest BCUT2D eigenvalue weighted by Crippen LogP contribution is 2.30. The van der Waals surface area contributed by atoms with E-state index in [9.17, 15) is 4.79 Å². The second-order valence-corrected chi connectivity index (χ2v) is 7.45. The third-order valence-corrected chi connectivity index (χ3v) is 5.12. The summed E-state index contributed by atoms with van der Waals surface area (Å²) >= 11 is 0. The van der Waals surface area contributed by atoms with Gasteiger partial charge in [-0.1, -0.05) is 13.8 Å². The predicted octanol–water partition coefficient (Wildman–Crippen LogP) is 3.19. The standard InChI is InChI=1S/C18H32N4O/c1-11(2)14(5)22(16-8-9-16)18(23)19-12(3)10-17-13(4)20-21(7)15(17)6/h11-12,14,16H,8-10H2,1-7H3,(H,19,23). The first-order valence-electron chi connectivity index (χ1n) is 8.80. The van der Waals surface area contributed by atoms with Crippen LogP contribution in [0.1, 0.15) is 57.5 Å². The summed E-state index contributed by atoms with van der Waals surface area (Å²) in [4.78, 5) is 14.8. The van der Waals surface area contributed by atoms with E-state index in [0.717, 1.165) is 25.0 Å². The molecule has 0 saturated heterocycles. The molecule has 0 aromatic carbocycles. The maximum Gasteiger partial charge on any atom is 0.318 e. The zero-order valence-electron chi connectivity index (χ0n) is 15.7. The number of hydrogen-bond donors (Lipinski definition) is 1. The highest BCUT2D eigenvalue weighted by atomic mass is 16.2. The van der Waals surface area contributed by atoms with E-state index in [-0.39, 0.29) is 18.1 Å². The van der Waals surface area contributed by atoms with Crippen molar-refractivity contribution < 1.29 is 4.79 Å². The van der Waals surface area contributed by atoms with E-state index in [1.165, 1.54) is 11.3 Å². The van der Waals surface area contributed by atoms with E-state index in [4.69, 9.17) is 0 Å². The lowest BCUT2D eigenvalue weighted by Gasteiger charge is -2.33. The van der Waals surface area contributed by atoms with Gasteiger partial charge in [0.1, 0.15) is 0 Å². The molecule has 1 N–H and O–H groups in total. The second kappa shape index (κ2) is 6.93. The van der Waals surface area contributed by atoms with E-state index in [0.29, 0.717) is 12.0 Å². The zero-order chi connectivity index (χ0) is 17.3. The highest BCUT2D eigenvalue weighted by Gasteiger charge is 2.37. The van der Waals surface area contributed by atoms with Crippen LogP contribution in [0.3, 0.4) is 0 Å². The number of hydrogen-bond acceptors (Lipinski definition) is 2. The molecule has 0 bridgehead atoms. The smallest absolute Gasteiger partial charge is 0.318 e. The second-order valence-electron chi connectivity index (χ2n) is 7.45. The van der Waals surface area contributed by atoms with Crippen molar-refractivity contribution in [3.63, 3.8) is 0 Å². The van der Waals surface area contributed by atoms with Crippen LogP contribution in [0.2, 0.25) is 0 Å². The molecule has 1 aromatic rings. The number of aromatic nitrogens is 2. The number of carbonyl (C=O) groups is 1. The molecule has 5 heteroatoms. The molecule has 1 aromatic heterocycles. The highest BCUT2D eigenvalue weighted by molar-refractivity contribution is 5.75. The van der Waals surface area contributed by atoms with Gasteiger partial charge in [0, 0.05) is 30.9 Å². The molecule has 2 amide bonds. The molecule has 0 aliphatic heterocycles. The predicted molar refractivity (Wildman–Crippen MR) is 93.5 cm³/mol. The number of carbonyl (C=O) groups excluding carboxylic acids is 1. The minimum absolute atomic E-state index is 0.0837. The van der Waals surface area contributed by atoms with Crippen LogP contribution in [0.4, 0.5) is 4.79 Å². The van der Waals surface area contributed by atoms with Crippen LogP contribution >= 0.6 is 0 Å². The van der Waals surface area contributed by atoms with Gasteiger partial charge in [0.05, 0.1) is 5.69 Å². The monoisotopic (exact) mass is 320 g/mol. The number of rotatable bonds is 6. The molecule has 0 spiro atoms. The van der Waals surface area contributed by atoms with Crippen molar-refractivity contribution >= 4 is 6.03 Å². The van der Waals surface area contributed by atoms with Crippen molar-refractivity contribution in [1.29, 1.82) is 0 Å². The Morgan fingerprint density at radius 3 is 2.35 bits per heavy atom. The lowest BCUT2D eigenvalue weighted by Crippen LogP contribution is -2.50. The van der Waals surface area contributed by atoms with Gasteiger partial charge in [-0.25, -0.2) is 4.79 Å². The maximum absolute atomic E-state index is 12.7. The summed E-state index contributed by atoms with van der Waals surface area (Å²) in [6, 6.07) is 0.892. The van der Waals surface area contributed by atoms with Gasteiger partial charge in [-0.3, -0.25) is 4.68 Å². The first-order valence-corrected chi connectivity index (χ1v) is 8.80. The maximum atomic E-state index is 12.7. The average molecular weight is 320 g/mol. The first-order chi connectivity index (χ1) is 10.7. The third kappa shape index (κ3) is 4.06. The van der Waals surface area contributed by atoms with Crippen LogP contribution in [0, 0.1) is 19.8 Å². The number of nitrogens with zero attached hydrogens (tertiary/aromatic N) is 3. The summed E-state index contributed by atoms with van der Waals surface area (Å²) in [6.45, 7) is 12.7. The average Bonchev–Trinajstić information content (AvgIpc) is 3.24. The zero-order valence-corrected chi connectivity index (χ0v) is 15.7. The van der Waals surface area contributed by atoms with Crippen molar-refractivity contribution in [2.75, 3.05) is 0 Å². The Bertz CT molecular complexity index is 560. The molecule has 2 atom stereocenters. The van der Waals surface area contributed by atoms with Gasteiger partial charge < -0.3 is 10.2 Å². The number of amides is 2. The van der Waals surface area contributed by atoms with E-state index in [1.807, 2.05) is 18.7 Å². The molecule has 1 aliphatic rings. The molecule has 1 aliphatic carbocycles. The quantitative estimate of drug-likeness (QED) is 0.875. The Hall–Kier alpha value is -1.52. The molecule has 1 fully saturated rings. The van der Waals surface area contributed by atoms with Crippen LogP contribution in [0.25, 0.3) is 0 Å². The number of aryl methyl sites for hydroxylation is 2. The molecule has 1 saturated carbocycles. The van der Waals surface area contributed by atoms with Crippen LogP contribution in [0.5, 0.6) is 0 Å². The molecular formula is C18H32N4O. The number of urea groups is 1. The third-order valence-electron chi connectivity index (χ3n) is 5.12. The molecule has 2 rings (SSSR count). The Labute approximate surface area is 140 Å². The van der Waals surface area contributed by atoms with Gasteiger partial charge in [0.25, 0.3) is 0 Å². The van der Waals surface area contributed by atoms with Gasteiger partial charge in [-0.15, -0.1) is 0 Å². The van der Waals surface area contributed by atoms with Crippen molar-refractivity contribution in [3.8, 4) is 0 Å². The normalized spacial score (nSPS) is 17.2. The molecule has 0 radical (unpaired) electrons. The summed E-state index contributed by atoms with van der Waals surface area (Å²) in [5.74, 6) is 0.472. The number of nitrogens with one attached hydrogen (secondary N) is 1. The van der Waals surface area contributed by atoms with Crippen molar-refractivity contribution in [2.24, 2.45) is 13.0 Å². The van der Waals surface area contributed by atoms with Crippen molar-refractivity contribution in [3.05, 3.63) is 17.0 Å². The lowest BCUT2D eigenvalue weighted by atomic mass is 10.0. The SMILES string of the molecule is Cc1nn(C)c(C)c1CC(C)NC(=O)N(C1CC1)C(C)C(C)C. The Balaban J connectivity index is 2.00. The minimum atomic E-state index is 0.0837. The van der Waals surface area contributed by atoms with Crippen molar-refractivity contribution in [2.45, 2.75) is 78.9 Å². The van der Waals surface area contributed by atoms with Crippen LogP contribution < -0.4 is 5.32 Å². The van der Waals surface area contributed by atoms with Gasteiger partial charge in [0.15, 0.2) is 0 Å². The van der Waals surface area contributed by atoms with E-state index in [2.05, 4.69) is 49.9 Å². The summed E-state index contributed by atoms with van der Waals surface area (Å²) in [7, 11) is 1.97. The van der Waals surface area contributed by atoms with Gasteiger partial charge >= 0.3 is 6.03 Å². The largest absolute Gasteiger partial charge is 0.335 e. The van der Waals surface area contributed by atoms with Crippen molar-refractivity contribution in [1.82, 2.24) is 20.0 Å². The van der Waals surface area contributed by atoms with E-state index < -0.39 is 0 Å². The molecule has 23 heavy (non-hydrogen) atoms. The summed E-state index contributed by atoms with van der Waals surface area (Å²) in [5, 5.41) is 7.66. The topological polar surface area (TPSA) is 50.2 Å². The fourth-order valence-electron chi connectivity index (χ4n) is 3.11. The molecular weight excluding hydrogens is 288 g/mol. The van der Waals surface area contributed by atoms with E-state index >= 15 is 0 Å². The van der Waals surface area contributed by atoms with Gasteiger partial charge in [-0.2, -0.15) is 5.10 Å². The first kappa shape index (κ1) is 17.8. The molecule has 1 heterocycles. The lowest BCUT2D eigenvalue weighted by molar-refractivity contribution is 0.154. The summed E-state index contributed by atoms with van der Waals surface area (Å²) in [6.07, 6.45) is 3.10. The Morgan fingerprint density at radius 1 is 1.30 bits per heavy atom. The minimum Gasteiger partial charge on any atom is -0.335 e. The fraction of sp³-hybridized carbons (Fsp3) is 0.778. The van der Waals surface area contributed by atoms with E-state index in [1.54, 1.807) is 0 Å².